The monoisotopic (exact) mass is 312 g/mol. The van der Waals surface area contributed by atoms with E-state index >= 15 is 0 Å². The topological polar surface area (TPSA) is 92.4 Å². The molecule has 5 nitrogen and oxygen atoms in total. The number of aliphatic hydroxyl groups is 1. The molecular formula is C15H24N2O3S. The molecule has 0 radical (unpaired) electrons. The van der Waals surface area contributed by atoms with Crippen LogP contribution in [0.3, 0.4) is 0 Å². The Labute approximate surface area is 126 Å². The molecular weight excluding hydrogens is 288 g/mol. The summed E-state index contributed by atoms with van der Waals surface area (Å²) >= 11 is 0. The summed E-state index contributed by atoms with van der Waals surface area (Å²) in [6.45, 7) is 4.01. The van der Waals surface area contributed by atoms with Gasteiger partial charge in [0.2, 0.25) is 10.0 Å². The van der Waals surface area contributed by atoms with Crippen LogP contribution in [0.4, 0.5) is 5.69 Å². The zero-order valence-corrected chi connectivity index (χ0v) is 13.5. The van der Waals surface area contributed by atoms with E-state index in [9.17, 15) is 13.5 Å². The van der Waals surface area contributed by atoms with Gasteiger partial charge in [-0.05, 0) is 49.9 Å². The molecule has 0 aromatic heterocycles. The van der Waals surface area contributed by atoms with Crippen molar-refractivity contribution in [3.05, 3.63) is 23.3 Å². The lowest BCUT2D eigenvalue weighted by atomic mass is 9.88. The van der Waals surface area contributed by atoms with Gasteiger partial charge in [-0.15, -0.1) is 0 Å². The predicted octanol–water partition coefficient (Wildman–Crippen LogP) is 1.72. The van der Waals surface area contributed by atoms with Gasteiger partial charge < -0.3 is 10.8 Å². The van der Waals surface area contributed by atoms with Crippen molar-refractivity contribution >= 4 is 15.7 Å². The van der Waals surface area contributed by atoms with E-state index < -0.39 is 10.0 Å². The van der Waals surface area contributed by atoms with Crippen LogP contribution in [0.15, 0.2) is 17.0 Å². The predicted molar refractivity (Wildman–Crippen MR) is 83.5 cm³/mol. The smallest absolute Gasteiger partial charge is 0.240 e. The molecule has 1 fully saturated rings. The van der Waals surface area contributed by atoms with Crippen LogP contribution in [-0.4, -0.2) is 26.7 Å². The first kappa shape index (κ1) is 16.3. The summed E-state index contributed by atoms with van der Waals surface area (Å²) in [4.78, 5) is 0.189. The lowest BCUT2D eigenvalue weighted by Gasteiger charge is -2.26. The molecule has 1 aromatic rings. The first-order valence-electron chi connectivity index (χ1n) is 7.27. The van der Waals surface area contributed by atoms with Crippen LogP contribution in [0.5, 0.6) is 0 Å². The Morgan fingerprint density at radius 1 is 1.29 bits per heavy atom. The highest BCUT2D eigenvalue weighted by atomic mass is 32.2. The van der Waals surface area contributed by atoms with Gasteiger partial charge in [0.25, 0.3) is 0 Å². The Hall–Kier alpha value is -1.11. The normalized spacial score (nSPS) is 18.0. The van der Waals surface area contributed by atoms with Crippen molar-refractivity contribution < 1.29 is 13.5 Å². The number of rotatable bonds is 5. The Kier molecular flexibility index (Phi) is 4.60. The first-order chi connectivity index (χ1) is 9.80. The average Bonchev–Trinajstić information content (AvgIpc) is 2.92. The molecule has 1 saturated carbocycles. The van der Waals surface area contributed by atoms with E-state index in [1.807, 2.05) is 13.8 Å². The number of hydrogen-bond acceptors (Lipinski definition) is 4. The maximum atomic E-state index is 12.4. The van der Waals surface area contributed by atoms with Crippen LogP contribution in [-0.2, 0) is 10.0 Å². The highest BCUT2D eigenvalue weighted by Gasteiger charge is 2.34. The number of nitrogen functional groups attached to an aromatic ring is 1. The zero-order chi connectivity index (χ0) is 15.7. The second-order valence-corrected chi connectivity index (χ2v) is 7.91. The summed E-state index contributed by atoms with van der Waals surface area (Å²) in [5, 5.41) is 9.55. The molecule has 4 N–H and O–H groups in total. The molecule has 21 heavy (non-hydrogen) atoms. The number of aliphatic hydroxyl groups excluding tert-OH is 1. The minimum Gasteiger partial charge on any atom is -0.398 e. The highest BCUT2D eigenvalue weighted by Crippen LogP contribution is 2.37. The van der Waals surface area contributed by atoms with Gasteiger partial charge in [-0.25, -0.2) is 13.1 Å². The van der Waals surface area contributed by atoms with Crippen molar-refractivity contribution in [1.82, 2.24) is 4.72 Å². The van der Waals surface area contributed by atoms with E-state index in [0.717, 1.165) is 36.8 Å². The molecule has 0 heterocycles. The Morgan fingerprint density at radius 2 is 1.90 bits per heavy atom. The number of hydrogen-bond donors (Lipinski definition) is 3. The maximum Gasteiger partial charge on any atom is 0.240 e. The largest absolute Gasteiger partial charge is 0.398 e. The lowest BCUT2D eigenvalue weighted by Crippen LogP contribution is -2.38. The van der Waals surface area contributed by atoms with Crippen LogP contribution in [0.25, 0.3) is 0 Å². The fraction of sp³-hybridized carbons (Fsp3) is 0.600. The number of aryl methyl sites for hydroxylation is 1. The third-order valence-corrected chi connectivity index (χ3v) is 6.01. The van der Waals surface area contributed by atoms with E-state index in [1.165, 1.54) is 6.07 Å². The van der Waals surface area contributed by atoms with Gasteiger partial charge in [-0.1, -0.05) is 12.8 Å². The van der Waals surface area contributed by atoms with Crippen LogP contribution in [0.2, 0.25) is 0 Å². The van der Waals surface area contributed by atoms with Crippen molar-refractivity contribution in [3.8, 4) is 0 Å². The molecule has 2 rings (SSSR count). The SMILES string of the molecule is Cc1cc(S(=O)(=O)NCC2(CO)CCCC2)cc(N)c1C. The fourth-order valence-electron chi connectivity index (χ4n) is 2.85. The second-order valence-electron chi connectivity index (χ2n) is 6.14. The highest BCUT2D eigenvalue weighted by molar-refractivity contribution is 7.89. The van der Waals surface area contributed by atoms with Crippen molar-refractivity contribution in [2.45, 2.75) is 44.4 Å². The molecule has 0 aliphatic heterocycles. The number of sulfonamides is 1. The van der Waals surface area contributed by atoms with Gasteiger partial charge in [-0.3, -0.25) is 0 Å². The summed E-state index contributed by atoms with van der Waals surface area (Å²) < 4.78 is 27.5. The van der Waals surface area contributed by atoms with Crippen molar-refractivity contribution in [1.29, 1.82) is 0 Å². The molecule has 0 bridgehead atoms. The maximum absolute atomic E-state index is 12.4. The average molecular weight is 312 g/mol. The lowest BCUT2D eigenvalue weighted by molar-refractivity contribution is 0.134. The quantitative estimate of drug-likeness (QED) is 0.722. The minimum absolute atomic E-state index is 0.0184. The standard InChI is InChI=1S/C15H24N2O3S/c1-11-7-13(8-14(16)12(11)2)21(19,20)17-9-15(10-18)5-3-4-6-15/h7-8,17-18H,3-6,9-10,16H2,1-2H3. The van der Waals surface area contributed by atoms with E-state index in [0.29, 0.717) is 5.69 Å². The summed E-state index contributed by atoms with van der Waals surface area (Å²) in [5.41, 5.74) is 7.78. The van der Waals surface area contributed by atoms with Crippen LogP contribution in [0, 0.1) is 19.3 Å². The van der Waals surface area contributed by atoms with Crippen LogP contribution >= 0.6 is 0 Å². The molecule has 1 aliphatic rings. The van der Waals surface area contributed by atoms with E-state index in [2.05, 4.69) is 4.72 Å². The number of anilines is 1. The third kappa shape index (κ3) is 3.39. The number of nitrogens with two attached hydrogens (primary N) is 1. The van der Waals surface area contributed by atoms with Crippen molar-refractivity contribution in [2.75, 3.05) is 18.9 Å². The molecule has 1 aliphatic carbocycles. The van der Waals surface area contributed by atoms with E-state index in [1.54, 1.807) is 6.07 Å². The van der Waals surface area contributed by atoms with Crippen molar-refractivity contribution in [2.24, 2.45) is 5.41 Å². The van der Waals surface area contributed by atoms with Gasteiger partial charge >= 0.3 is 0 Å². The number of nitrogens with one attached hydrogen (secondary N) is 1. The molecule has 0 spiro atoms. The van der Waals surface area contributed by atoms with Crippen molar-refractivity contribution in [3.63, 3.8) is 0 Å². The molecule has 0 amide bonds. The van der Waals surface area contributed by atoms with Gasteiger partial charge in [0.1, 0.15) is 0 Å². The molecule has 1 aromatic carbocycles. The van der Waals surface area contributed by atoms with E-state index in [-0.39, 0.29) is 23.5 Å². The minimum atomic E-state index is -3.60. The number of benzene rings is 1. The summed E-state index contributed by atoms with van der Waals surface area (Å²) in [5.74, 6) is 0. The summed E-state index contributed by atoms with van der Waals surface area (Å²) in [7, 11) is -3.60. The molecule has 118 valence electrons. The van der Waals surface area contributed by atoms with Gasteiger partial charge in [-0.2, -0.15) is 0 Å². The second kappa shape index (κ2) is 5.94. The molecule has 0 atom stereocenters. The Balaban J connectivity index is 2.19. The third-order valence-electron chi connectivity index (χ3n) is 4.63. The van der Waals surface area contributed by atoms with Gasteiger partial charge in [0, 0.05) is 24.3 Å². The first-order valence-corrected chi connectivity index (χ1v) is 8.75. The summed E-state index contributed by atoms with van der Waals surface area (Å²) in [6, 6.07) is 3.12. The zero-order valence-electron chi connectivity index (χ0n) is 12.6. The molecule has 0 saturated heterocycles. The summed E-state index contributed by atoms with van der Waals surface area (Å²) in [6.07, 6.45) is 3.81. The Morgan fingerprint density at radius 3 is 2.43 bits per heavy atom. The molecule has 6 heteroatoms. The van der Waals surface area contributed by atoms with Gasteiger partial charge in [0.05, 0.1) is 4.90 Å². The van der Waals surface area contributed by atoms with Gasteiger partial charge in [0.15, 0.2) is 0 Å². The van der Waals surface area contributed by atoms with Crippen LogP contribution < -0.4 is 10.5 Å². The van der Waals surface area contributed by atoms with Crippen LogP contribution in [0.1, 0.15) is 36.8 Å². The molecule has 0 unspecified atom stereocenters. The van der Waals surface area contributed by atoms with E-state index in [4.69, 9.17) is 5.73 Å². The Bertz CT molecular complexity index is 597. The fourth-order valence-corrected chi connectivity index (χ4v) is 4.13.